The zero-order chi connectivity index (χ0) is 19.3. The molecule has 0 spiro atoms. The average molecular weight is 379 g/mol. The normalized spacial score (nSPS) is 19.1. The van der Waals surface area contributed by atoms with Crippen molar-refractivity contribution in [2.75, 3.05) is 26.2 Å². The Labute approximate surface area is 165 Å². The molecule has 2 amide bonds. The maximum Gasteiger partial charge on any atom is 0.254 e. The first kappa shape index (κ1) is 18.5. The highest BCUT2D eigenvalue weighted by molar-refractivity contribution is 5.95. The number of pyridine rings is 1. The smallest absolute Gasteiger partial charge is 0.254 e. The van der Waals surface area contributed by atoms with E-state index in [1.54, 1.807) is 24.5 Å². The number of carbonyl (C=O) groups excluding carboxylic acids is 2. The molecule has 0 bridgehead atoms. The van der Waals surface area contributed by atoms with Crippen molar-refractivity contribution in [3.8, 4) is 5.75 Å². The minimum absolute atomic E-state index is 0.0278. The van der Waals surface area contributed by atoms with Gasteiger partial charge < -0.3 is 14.5 Å². The Morgan fingerprint density at radius 3 is 2.29 bits per heavy atom. The minimum Gasteiger partial charge on any atom is -0.491 e. The molecule has 28 heavy (non-hydrogen) atoms. The van der Waals surface area contributed by atoms with Gasteiger partial charge in [0.1, 0.15) is 12.4 Å². The van der Waals surface area contributed by atoms with Gasteiger partial charge in [-0.15, -0.1) is 0 Å². The van der Waals surface area contributed by atoms with Crippen LogP contribution in [0.25, 0.3) is 0 Å². The van der Waals surface area contributed by atoms with E-state index >= 15 is 0 Å². The lowest BCUT2D eigenvalue weighted by Gasteiger charge is -2.25. The van der Waals surface area contributed by atoms with Crippen LogP contribution in [-0.2, 0) is 0 Å². The first-order valence-electron chi connectivity index (χ1n) is 9.95. The van der Waals surface area contributed by atoms with E-state index in [0.717, 1.165) is 51.1 Å². The van der Waals surface area contributed by atoms with Gasteiger partial charge in [0.25, 0.3) is 11.8 Å². The topological polar surface area (TPSA) is 62.7 Å². The molecule has 6 heteroatoms. The van der Waals surface area contributed by atoms with Crippen molar-refractivity contribution in [2.24, 2.45) is 0 Å². The van der Waals surface area contributed by atoms with E-state index in [9.17, 15) is 9.59 Å². The third-order valence-corrected chi connectivity index (χ3v) is 5.50. The van der Waals surface area contributed by atoms with Gasteiger partial charge in [0, 0.05) is 43.2 Å². The van der Waals surface area contributed by atoms with E-state index < -0.39 is 0 Å². The molecule has 1 unspecified atom stereocenters. The summed E-state index contributed by atoms with van der Waals surface area (Å²) in [5.41, 5.74) is 1.36. The van der Waals surface area contributed by atoms with Gasteiger partial charge >= 0.3 is 0 Å². The second-order valence-electron chi connectivity index (χ2n) is 7.37. The predicted octanol–water partition coefficient (Wildman–Crippen LogP) is 3.00. The van der Waals surface area contributed by atoms with Gasteiger partial charge in [0.05, 0.1) is 6.04 Å². The number of benzene rings is 1. The standard InChI is InChI=1S/C22H25N3O3/c26-21(24-13-1-2-14-24)17-5-7-20(8-6-17)28-16-19-4-3-15-25(19)22(27)18-9-11-23-12-10-18/h5-12,19H,1-4,13-16H2. The Bertz CT molecular complexity index is 817. The summed E-state index contributed by atoms with van der Waals surface area (Å²) in [7, 11) is 0. The fraction of sp³-hybridized carbons (Fsp3) is 0.409. The molecule has 2 fully saturated rings. The fourth-order valence-corrected chi connectivity index (χ4v) is 3.93. The monoisotopic (exact) mass is 379 g/mol. The lowest BCUT2D eigenvalue weighted by Crippen LogP contribution is -2.39. The molecular formula is C22H25N3O3. The molecule has 1 aromatic carbocycles. The summed E-state index contributed by atoms with van der Waals surface area (Å²) in [6, 6.07) is 10.9. The van der Waals surface area contributed by atoms with Crippen LogP contribution in [0.15, 0.2) is 48.8 Å². The third kappa shape index (κ3) is 4.01. The van der Waals surface area contributed by atoms with Gasteiger partial charge in [-0.05, 0) is 62.1 Å². The molecule has 3 heterocycles. The second kappa shape index (κ2) is 8.42. The van der Waals surface area contributed by atoms with Crippen molar-refractivity contribution in [1.29, 1.82) is 0 Å². The van der Waals surface area contributed by atoms with Crippen molar-refractivity contribution in [3.63, 3.8) is 0 Å². The number of rotatable bonds is 5. The van der Waals surface area contributed by atoms with Crippen LogP contribution >= 0.6 is 0 Å². The quantitative estimate of drug-likeness (QED) is 0.801. The third-order valence-electron chi connectivity index (χ3n) is 5.50. The number of hydrogen-bond donors (Lipinski definition) is 0. The van der Waals surface area contributed by atoms with E-state index in [2.05, 4.69) is 4.98 Å². The largest absolute Gasteiger partial charge is 0.491 e. The van der Waals surface area contributed by atoms with E-state index in [-0.39, 0.29) is 17.9 Å². The van der Waals surface area contributed by atoms with Crippen molar-refractivity contribution in [3.05, 3.63) is 59.9 Å². The Hall–Kier alpha value is -2.89. The summed E-state index contributed by atoms with van der Waals surface area (Å²) in [5, 5.41) is 0. The number of ether oxygens (including phenoxy) is 1. The van der Waals surface area contributed by atoms with Crippen LogP contribution in [0.4, 0.5) is 0 Å². The molecule has 1 aromatic heterocycles. The number of amides is 2. The first-order chi connectivity index (χ1) is 13.7. The molecule has 0 N–H and O–H groups in total. The van der Waals surface area contributed by atoms with Crippen LogP contribution in [0.3, 0.4) is 0 Å². The Balaban J connectivity index is 1.34. The highest BCUT2D eigenvalue weighted by Crippen LogP contribution is 2.22. The summed E-state index contributed by atoms with van der Waals surface area (Å²) in [4.78, 5) is 32.9. The summed E-state index contributed by atoms with van der Waals surface area (Å²) in [5.74, 6) is 0.843. The molecule has 146 valence electrons. The number of hydrogen-bond acceptors (Lipinski definition) is 4. The zero-order valence-electron chi connectivity index (χ0n) is 15.9. The molecule has 4 rings (SSSR count). The molecular weight excluding hydrogens is 354 g/mol. The van der Waals surface area contributed by atoms with Gasteiger partial charge in [-0.1, -0.05) is 0 Å². The van der Waals surface area contributed by atoms with Crippen LogP contribution in [0.5, 0.6) is 5.75 Å². The van der Waals surface area contributed by atoms with Crippen molar-refractivity contribution in [1.82, 2.24) is 14.8 Å². The highest BCUT2D eigenvalue weighted by Gasteiger charge is 2.30. The number of carbonyl (C=O) groups is 2. The summed E-state index contributed by atoms with van der Waals surface area (Å²) in [6.07, 6.45) is 7.36. The van der Waals surface area contributed by atoms with E-state index in [4.69, 9.17) is 4.74 Å². The lowest BCUT2D eigenvalue weighted by atomic mass is 10.2. The molecule has 2 aliphatic heterocycles. The molecule has 0 saturated carbocycles. The van der Waals surface area contributed by atoms with Crippen LogP contribution in [0, 0.1) is 0 Å². The number of nitrogens with zero attached hydrogens (tertiary/aromatic N) is 3. The molecule has 2 aromatic rings. The van der Waals surface area contributed by atoms with E-state index in [0.29, 0.717) is 17.7 Å². The Kier molecular flexibility index (Phi) is 5.55. The molecule has 2 aliphatic rings. The SMILES string of the molecule is O=C(c1ccc(OCC2CCCN2C(=O)c2ccncc2)cc1)N1CCCC1. The predicted molar refractivity (Wildman–Crippen MR) is 105 cm³/mol. The molecule has 2 saturated heterocycles. The molecule has 0 aliphatic carbocycles. The van der Waals surface area contributed by atoms with Crippen molar-refractivity contribution >= 4 is 11.8 Å². The lowest BCUT2D eigenvalue weighted by molar-refractivity contribution is 0.0690. The second-order valence-corrected chi connectivity index (χ2v) is 7.37. The molecule has 6 nitrogen and oxygen atoms in total. The maximum absolute atomic E-state index is 12.7. The van der Waals surface area contributed by atoms with Crippen LogP contribution in [-0.4, -0.2) is 58.9 Å². The van der Waals surface area contributed by atoms with Gasteiger partial charge in [-0.3, -0.25) is 14.6 Å². The Morgan fingerprint density at radius 2 is 1.57 bits per heavy atom. The Morgan fingerprint density at radius 1 is 0.893 bits per heavy atom. The summed E-state index contributed by atoms with van der Waals surface area (Å²) < 4.78 is 5.94. The summed E-state index contributed by atoms with van der Waals surface area (Å²) >= 11 is 0. The van der Waals surface area contributed by atoms with Crippen LogP contribution < -0.4 is 4.74 Å². The van der Waals surface area contributed by atoms with E-state index in [1.807, 2.05) is 34.1 Å². The van der Waals surface area contributed by atoms with Crippen LogP contribution in [0.1, 0.15) is 46.4 Å². The first-order valence-corrected chi connectivity index (χ1v) is 9.95. The average Bonchev–Trinajstić information content (AvgIpc) is 3.44. The van der Waals surface area contributed by atoms with Gasteiger partial charge in [0.15, 0.2) is 0 Å². The minimum atomic E-state index is 0.0278. The maximum atomic E-state index is 12.7. The summed E-state index contributed by atoms with van der Waals surface area (Å²) in [6.45, 7) is 2.90. The number of aromatic nitrogens is 1. The zero-order valence-corrected chi connectivity index (χ0v) is 15.9. The van der Waals surface area contributed by atoms with Crippen molar-refractivity contribution < 1.29 is 14.3 Å². The van der Waals surface area contributed by atoms with Crippen LogP contribution in [0.2, 0.25) is 0 Å². The number of likely N-dealkylation sites (tertiary alicyclic amines) is 2. The van der Waals surface area contributed by atoms with Gasteiger partial charge in [0.2, 0.25) is 0 Å². The highest BCUT2D eigenvalue weighted by atomic mass is 16.5. The molecule has 0 radical (unpaired) electrons. The van der Waals surface area contributed by atoms with Gasteiger partial charge in [-0.25, -0.2) is 0 Å². The van der Waals surface area contributed by atoms with E-state index in [1.165, 1.54) is 0 Å². The fourth-order valence-electron chi connectivity index (χ4n) is 3.93. The van der Waals surface area contributed by atoms with Crippen molar-refractivity contribution in [2.45, 2.75) is 31.7 Å². The molecule has 1 atom stereocenters. The van der Waals surface area contributed by atoms with Gasteiger partial charge in [-0.2, -0.15) is 0 Å².